The van der Waals surface area contributed by atoms with Crippen molar-refractivity contribution in [3.63, 3.8) is 0 Å². The van der Waals surface area contributed by atoms with Crippen LogP contribution in [-0.2, 0) is 10.5 Å². The first-order valence-electron chi connectivity index (χ1n) is 9.59. The van der Waals surface area contributed by atoms with E-state index >= 15 is 0 Å². The molecule has 10 heteroatoms. The maximum Gasteiger partial charge on any atom is 0.283 e. The summed E-state index contributed by atoms with van der Waals surface area (Å²) < 4.78 is 10.6. The average Bonchev–Trinajstić information content (AvgIpc) is 3.16. The van der Waals surface area contributed by atoms with E-state index in [-0.39, 0.29) is 5.91 Å². The van der Waals surface area contributed by atoms with E-state index < -0.39 is 0 Å². The van der Waals surface area contributed by atoms with Crippen molar-refractivity contribution in [1.82, 2.24) is 10.1 Å². The van der Waals surface area contributed by atoms with Gasteiger partial charge in [-0.05, 0) is 48.6 Å². The van der Waals surface area contributed by atoms with E-state index in [2.05, 4.69) is 15.1 Å². The van der Waals surface area contributed by atoms with E-state index in [1.165, 1.54) is 11.8 Å². The molecule has 1 fully saturated rings. The molecule has 3 heterocycles. The van der Waals surface area contributed by atoms with Crippen molar-refractivity contribution in [2.45, 2.75) is 24.5 Å². The second-order valence-electron chi connectivity index (χ2n) is 7.01. The van der Waals surface area contributed by atoms with E-state index in [1.54, 1.807) is 47.6 Å². The van der Waals surface area contributed by atoms with Gasteiger partial charge in [-0.3, -0.25) is 9.69 Å². The van der Waals surface area contributed by atoms with E-state index in [4.69, 9.17) is 20.9 Å². The van der Waals surface area contributed by atoms with Gasteiger partial charge in [-0.1, -0.05) is 34.6 Å². The highest BCUT2D eigenvalue weighted by Gasteiger charge is 2.33. The number of halogens is 1. The Kier molecular flexibility index (Phi) is 5.56. The molecular formula is C21H17ClN4O3S2. The van der Waals surface area contributed by atoms with Crippen molar-refractivity contribution in [2.24, 2.45) is 4.99 Å². The van der Waals surface area contributed by atoms with Crippen molar-refractivity contribution in [3.05, 3.63) is 63.0 Å². The number of hydrogen-bond donors (Lipinski definition) is 0. The molecule has 31 heavy (non-hydrogen) atoms. The first-order chi connectivity index (χ1) is 15.1. The molecule has 0 unspecified atom stereocenters. The van der Waals surface area contributed by atoms with Crippen LogP contribution in [0.25, 0.3) is 6.08 Å². The molecule has 0 saturated heterocycles. The number of benzene rings is 1. The molecular weight excluding hydrogens is 456 g/mol. The van der Waals surface area contributed by atoms with Crippen molar-refractivity contribution in [1.29, 1.82) is 0 Å². The summed E-state index contributed by atoms with van der Waals surface area (Å²) in [6.07, 6.45) is 3.98. The third-order valence-corrected chi connectivity index (χ3v) is 6.84. The number of rotatable bonds is 6. The van der Waals surface area contributed by atoms with Crippen molar-refractivity contribution in [2.75, 3.05) is 12.0 Å². The van der Waals surface area contributed by atoms with Crippen LogP contribution in [0.3, 0.4) is 0 Å². The predicted molar refractivity (Wildman–Crippen MR) is 123 cm³/mol. The van der Waals surface area contributed by atoms with Crippen LogP contribution in [0, 0.1) is 0 Å². The van der Waals surface area contributed by atoms with Gasteiger partial charge in [0.25, 0.3) is 5.91 Å². The molecule has 2 aliphatic rings. The van der Waals surface area contributed by atoms with Gasteiger partial charge in [0.1, 0.15) is 11.4 Å². The van der Waals surface area contributed by atoms with Crippen molar-refractivity contribution < 1.29 is 14.1 Å². The van der Waals surface area contributed by atoms with Gasteiger partial charge >= 0.3 is 0 Å². The first kappa shape index (κ1) is 20.3. The third kappa shape index (κ3) is 4.26. The van der Waals surface area contributed by atoms with Crippen LogP contribution in [0.2, 0.25) is 5.02 Å². The number of amides is 1. The monoisotopic (exact) mass is 472 g/mol. The zero-order valence-electron chi connectivity index (χ0n) is 16.4. The molecule has 0 atom stereocenters. The predicted octanol–water partition coefficient (Wildman–Crippen LogP) is 5.35. The highest BCUT2D eigenvalue weighted by atomic mass is 35.5. The van der Waals surface area contributed by atoms with Crippen LogP contribution in [0.4, 0.5) is 5.69 Å². The molecule has 3 aromatic rings. The summed E-state index contributed by atoms with van der Waals surface area (Å²) in [6.45, 7) is 0. The average molecular weight is 473 g/mol. The fourth-order valence-corrected chi connectivity index (χ4v) is 4.83. The number of hydrogen-bond acceptors (Lipinski definition) is 8. The van der Waals surface area contributed by atoms with Gasteiger partial charge in [-0.25, -0.2) is 4.99 Å². The standard InChI is InChI=1S/C21H17ClN4O3S2/c1-28-17-7-6-13(9-15(17)22)26-20(27)16(10-14-3-2-8-30-14)23-21(26)31-11-18-24-19(29-25-18)12-4-5-12/h2-3,6-10,12H,4-5,11H2,1H3/b16-10-. The molecule has 7 nitrogen and oxygen atoms in total. The fraction of sp³-hybridized carbons (Fsp3) is 0.238. The van der Waals surface area contributed by atoms with Crippen molar-refractivity contribution >= 4 is 57.5 Å². The van der Waals surface area contributed by atoms with Gasteiger partial charge in [0.05, 0.1) is 23.6 Å². The largest absolute Gasteiger partial charge is 0.495 e. The summed E-state index contributed by atoms with van der Waals surface area (Å²) in [5.74, 6) is 2.44. The lowest BCUT2D eigenvalue weighted by atomic mass is 10.2. The molecule has 1 aliphatic carbocycles. The molecule has 0 bridgehead atoms. The number of amidine groups is 1. The number of ether oxygens (including phenoxy) is 1. The smallest absolute Gasteiger partial charge is 0.283 e. The minimum atomic E-state index is -0.219. The first-order valence-corrected chi connectivity index (χ1v) is 11.8. The minimum absolute atomic E-state index is 0.219. The van der Waals surface area contributed by atoms with Crippen molar-refractivity contribution in [3.8, 4) is 5.75 Å². The summed E-state index contributed by atoms with van der Waals surface area (Å²) in [5.41, 5.74) is 0.979. The molecule has 2 aromatic heterocycles. The van der Waals surface area contributed by atoms with Crippen LogP contribution in [-0.4, -0.2) is 28.3 Å². The van der Waals surface area contributed by atoms with Crippen LogP contribution in [0.1, 0.15) is 35.4 Å². The number of aromatic nitrogens is 2. The van der Waals surface area contributed by atoms with Crippen LogP contribution in [0.5, 0.6) is 5.75 Å². The van der Waals surface area contributed by atoms with E-state index in [1.807, 2.05) is 17.5 Å². The topological polar surface area (TPSA) is 80.8 Å². The highest BCUT2D eigenvalue weighted by Crippen LogP contribution is 2.39. The second kappa shape index (κ2) is 8.49. The Morgan fingerprint density at radius 1 is 1.39 bits per heavy atom. The number of methoxy groups -OCH3 is 1. The quantitative estimate of drug-likeness (QED) is 0.450. The SMILES string of the molecule is COc1ccc(N2C(=O)/C(=C/c3cccs3)N=C2SCc2noc(C3CC3)n2)cc1Cl. The molecule has 0 N–H and O–H groups in total. The van der Waals surface area contributed by atoms with Gasteiger partial charge in [0.15, 0.2) is 11.0 Å². The number of anilines is 1. The molecule has 5 rings (SSSR count). The molecule has 1 saturated carbocycles. The number of carbonyl (C=O) groups is 1. The maximum absolute atomic E-state index is 13.2. The lowest BCUT2D eigenvalue weighted by Crippen LogP contribution is -2.30. The normalized spacial score (nSPS) is 17.5. The number of aliphatic imine (C=N–C) groups is 1. The fourth-order valence-electron chi connectivity index (χ4n) is 3.07. The number of thioether (sulfide) groups is 1. The van der Waals surface area contributed by atoms with Crippen LogP contribution < -0.4 is 9.64 Å². The number of nitrogens with zero attached hydrogens (tertiary/aromatic N) is 4. The lowest BCUT2D eigenvalue weighted by molar-refractivity contribution is -0.113. The Bertz CT molecular complexity index is 1190. The third-order valence-electron chi connectivity index (χ3n) is 4.79. The van der Waals surface area contributed by atoms with Gasteiger partial charge < -0.3 is 9.26 Å². The Morgan fingerprint density at radius 3 is 2.97 bits per heavy atom. The minimum Gasteiger partial charge on any atom is -0.495 e. The molecule has 158 valence electrons. The summed E-state index contributed by atoms with van der Waals surface area (Å²) in [5, 5.41) is 6.96. The zero-order chi connectivity index (χ0) is 21.4. The van der Waals surface area contributed by atoms with Gasteiger partial charge in [0.2, 0.25) is 5.89 Å². The summed E-state index contributed by atoms with van der Waals surface area (Å²) in [6, 6.07) is 9.09. The zero-order valence-corrected chi connectivity index (χ0v) is 18.8. The lowest BCUT2D eigenvalue weighted by Gasteiger charge is -2.18. The number of carbonyl (C=O) groups excluding carboxylic acids is 1. The molecule has 1 amide bonds. The molecule has 0 spiro atoms. The van der Waals surface area contributed by atoms with E-state index in [0.29, 0.717) is 50.7 Å². The Morgan fingerprint density at radius 2 is 2.26 bits per heavy atom. The highest BCUT2D eigenvalue weighted by molar-refractivity contribution is 8.13. The van der Waals surface area contributed by atoms with E-state index in [0.717, 1.165) is 17.7 Å². The van der Waals surface area contributed by atoms with Crippen LogP contribution in [0.15, 0.2) is 50.9 Å². The van der Waals surface area contributed by atoms with Gasteiger partial charge in [0, 0.05) is 10.8 Å². The summed E-state index contributed by atoms with van der Waals surface area (Å²) in [7, 11) is 1.55. The summed E-state index contributed by atoms with van der Waals surface area (Å²) in [4.78, 5) is 24.8. The summed E-state index contributed by atoms with van der Waals surface area (Å²) >= 11 is 9.24. The Balaban J connectivity index is 1.44. The second-order valence-corrected chi connectivity index (χ2v) is 9.34. The van der Waals surface area contributed by atoms with E-state index in [9.17, 15) is 4.79 Å². The molecule has 1 aliphatic heterocycles. The molecule has 0 radical (unpaired) electrons. The Hall–Kier alpha value is -2.62. The van der Waals surface area contributed by atoms with Crippen LogP contribution >= 0.6 is 34.7 Å². The number of thiophene rings is 1. The Labute approximate surface area is 191 Å². The van der Waals surface area contributed by atoms with Gasteiger partial charge in [-0.15, -0.1) is 11.3 Å². The molecule has 1 aromatic carbocycles. The van der Waals surface area contributed by atoms with Gasteiger partial charge in [-0.2, -0.15) is 4.98 Å². The maximum atomic E-state index is 13.2.